The van der Waals surface area contributed by atoms with Gasteiger partial charge in [-0.15, -0.1) is 0 Å². The zero-order valence-corrected chi connectivity index (χ0v) is 6.80. The van der Waals surface area contributed by atoms with E-state index in [1.807, 2.05) is 0 Å². The van der Waals surface area contributed by atoms with Crippen LogP contribution in [0.1, 0.15) is 10.6 Å². The molecule has 0 fully saturated rings. The highest BCUT2D eigenvalue weighted by molar-refractivity contribution is 6.64. The summed E-state index contributed by atoms with van der Waals surface area (Å²) in [6, 6.07) is 3.07. The Morgan fingerprint density at radius 1 is 1.58 bits per heavy atom. The van der Waals surface area contributed by atoms with E-state index in [9.17, 15) is 9.59 Å². The van der Waals surface area contributed by atoms with Crippen molar-refractivity contribution in [3.63, 3.8) is 0 Å². The summed E-state index contributed by atoms with van der Waals surface area (Å²) in [7, 11) is 0. The lowest BCUT2D eigenvalue weighted by Crippen LogP contribution is -2.27. The molecule has 0 radical (unpaired) electrons. The highest BCUT2D eigenvalue weighted by Crippen LogP contribution is 1.98. The van der Waals surface area contributed by atoms with Crippen LogP contribution in [0.25, 0.3) is 0 Å². The molecule has 0 aliphatic heterocycles. The SMILES string of the molecule is O=C(Cl)CNC(=O)c1ccco1. The summed E-state index contributed by atoms with van der Waals surface area (Å²) in [6.07, 6.45) is 1.37. The molecule has 12 heavy (non-hydrogen) atoms. The molecular formula is C7H6ClNO3. The molecule has 5 heteroatoms. The number of nitrogens with one attached hydrogen (secondary N) is 1. The maximum absolute atomic E-state index is 11.0. The first-order chi connectivity index (χ1) is 5.70. The number of carbonyl (C=O) groups excluding carboxylic acids is 2. The zero-order valence-electron chi connectivity index (χ0n) is 6.04. The lowest BCUT2D eigenvalue weighted by Gasteiger charge is -1.96. The van der Waals surface area contributed by atoms with Gasteiger partial charge in [-0.2, -0.15) is 0 Å². The Balaban J connectivity index is 2.45. The van der Waals surface area contributed by atoms with Crippen LogP contribution < -0.4 is 5.32 Å². The molecule has 1 N–H and O–H groups in total. The monoisotopic (exact) mass is 187 g/mol. The average molecular weight is 188 g/mol. The average Bonchev–Trinajstić information content (AvgIpc) is 2.51. The van der Waals surface area contributed by atoms with Gasteiger partial charge in [0.25, 0.3) is 5.91 Å². The van der Waals surface area contributed by atoms with Gasteiger partial charge in [0.05, 0.1) is 12.8 Å². The first-order valence-electron chi connectivity index (χ1n) is 3.20. The number of hydrogen-bond donors (Lipinski definition) is 1. The van der Waals surface area contributed by atoms with Crippen molar-refractivity contribution in [2.24, 2.45) is 0 Å². The standard InChI is InChI=1S/C7H6ClNO3/c8-6(10)4-9-7(11)5-2-1-3-12-5/h1-3H,4H2,(H,9,11). The fraction of sp³-hybridized carbons (Fsp3) is 0.143. The molecule has 0 aliphatic rings. The van der Waals surface area contributed by atoms with E-state index in [2.05, 4.69) is 5.32 Å². The van der Waals surface area contributed by atoms with Gasteiger partial charge < -0.3 is 9.73 Å². The number of carbonyl (C=O) groups is 2. The molecule has 0 unspecified atom stereocenters. The summed E-state index contributed by atoms with van der Waals surface area (Å²) in [5.41, 5.74) is 0. The van der Waals surface area contributed by atoms with Crippen LogP contribution in [-0.4, -0.2) is 17.7 Å². The van der Waals surface area contributed by atoms with Crippen LogP contribution >= 0.6 is 11.6 Å². The highest BCUT2D eigenvalue weighted by atomic mass is 35.5. The van der Waals surface area contributed by atoms with Crippen molar-refractivity contribution in [1.82, 2.24) is 5.32 Å². The molecular weight excluding hydrogens is 182 g/mol. The number of hydrogen-bond acceptors (Lipinski definition) is 3. The molecule has 0 bridgehead atoms. The normalized spacial score (nSPS) is 9.42. The molecule has 1 heterocycles. The van der Waals surface area contributed by atoms with E-state index < -0.39 is 11.1 Å². The second-order valence-electron chi connectivity index (χ2n) is 2.02. The van der Waals surface area contributed by atoms with Crippen LogP contribution in [0.5, 0.6) is 0 Å². The second kappa shape index (κ2) is 3.92. The topological polar surface area (TPSA) is 59.3 Å². The van der Waals surface area contributed by atoms with E-state index in [1.54, 1.807) is 6.07 Å². The minimum absolute atomic E-state index is 0.160. The molecule has 1 amide bonds. The molecule has 4 nitrogen and oxygen atoms in total. The fourth-order valence-electron chi connectivity index (χ4n) is 0.645. The van der Waals surface area contributed by atoms with Crippen molar-refractivity contribution >= 4 is 22.8 Å². The predicted molar refractivity (Wildman–Crippen MR) is 41.9 cm³/mol. The largest absolute Gasteiger partial charge is 0.459 e. The second-order valence-corrected chi connectivity index (χ2v) is 2.44. The highest BCUT2D eigenvalue weighted by Gasteiger charge is 2.08. The number of furan rings is 1. The van der Waals surface area contributed by atoms with Gasteiger partial charge in [0.1, 0.15) is 0 Å². The summed E-state index contributed by atoms with van der Waals surface area (Å²) in [5, 5.41) is 1.65. The van der Waals surface area contributed by atoms with Crippen molar-refractivity contribution in [2.75, 3.05) is 6.54 Å². The molecule has 0 saturated carbocycles. The molecule has 0 atom stereocenters. The van der Waals surface area contributed by atoms with Gasteiger partial charge in [-0.05, 0) is 23.7 Å². The maximum atomic E-state index is 11.0. The van der Waals surface area contributed by atoms with Crippen LogP contribution in [0, 0.1) is 0 Å². The molecule has 64 valence electrons. The Labute approximate surface area is 73.5 Å². The number of amides is 1. The first kappa shape index (κ1) is 8.80. The van der Waals surface area contributed by atoms with Gasteiger partial charge in [-0.1, -0.05) is 0 Å². The number of halogens is 1. The summed E-state index contributed by atoms with van der Waals surface area (Å²) < 4.78 is 4.76. The third-order valence-electron chi connectivity index (χ3n) is 1.13. The van der Waals surface area contributed by atoms with Crippen molar-refractivity contribution in [3.05, 3.63) is 24.2 Å². The van der Waals surface area contributed by atoms with E-state index >= 15 is 0 Å². The van der Waals surface area contributed by atoms with Crippen LogP contribution in [0.3, 0.4) is 0 Å². The van der Waals surface area contributed by atoms with Crippen LogP contribution in [0.2, 0.25) is 0 Å². The lowest BCUT2D eigenvalue weighted by molar-refractivity contribution is -0.110. The van der Waals surface area contributed by atoms with Crippen LogP contribution in [-0.2, 0) is 4.79 Å². The van der Waals surface area contributed by atoms with Gasteiger partial charge in [0, 0.05) is 0 Å². The Morgan fingerprint density at radius 2 is 2.33 bits per heavy atom. The van der Waals surface area contributed by atoms with Crippen molar-refractivity contribution in [3.8, 4) is 0 Å². The predicted octanol–water partition coefficient (Wildman–Crippen LogP) is 0.775. The molecule has 0 aromatic carbocycles. The molecule has 1 aromatic rings. The summed E-state index contributed by atoms with van der Waals surface area (Å²) in [5.74, 6) is -0.290. The summed E-state index contributed by atoms with van der Waals surface area (Å²) >= 11 is 5.00. The van der Waals surface area contributed by atoms with Crippen molar-refractivity contribution in [2.45, 2.75) is 0 Å². The van der Waals surface area contributed by atoms with E-state index in [1.165, 1.54) is 12.3 Å². The first-order valence-corrected chi connectivity index (χ1v) is 3.58. The van der Waals surface area contributed by atoms with Gasteiger partial charge in [0.15, 0.2) is 5.76 Å². The minimum Gasteiger partial charge on any atom is -0.459 e. The Hall–Kier alpha value is -1.29. The van der Waals surface area contributed by atoms with E-state index in [4.69, 9.17) is 16.0 Å². The van der Waals surface area contributed by atoms with Crippen molar-refractivity contribution < 1.29 is 14.0 Å². The lowest BCUT2D eigenvalue weighted by atomic mass is 10.4. The van der Waals surface area contributed by atoms with Crippen LogP contribution in [0.15, 0.2) is 22.8 Å². The zero-order chi connectivity index (χ0) is 8.97. The summed E-state index contributed by atoms with van der Waals surface area (Å²) in [6.45, 7) is -0.193. The van der Waals surface area contributed by atoms with Gasteiger partial charge in [0.2, 0.25) is 5.24 Å². The third-order valence-corrected chi connectivity index (χ3v) is 1.27. The quantitative estimate of drug-likeness (QED) is 0.712. The third kappa shape index (κ3) is 2.39. The molecule has 0 spiro atoms. The van der Waals surface area contributed by atoms with E-state index in [0.717, 1.165) is 0 Å². The van der Waals surface area contributed by atoms with Crippen molar-refractivity contribution in [1.29, 1.82) is 0 Å². The molecule has 0 aliphatic carbocycles. The Bertz CT molecular complexity index is 281. The smallest absolute Gasteiger partial charge is 0.287 e. The molecule has 1 rings (SSSR count). The minimum atomic E-state index is -0.616. The maximum Gasteiger partial charge on any atom is 0.287 e. The summed E-state index contributed by atoms with van der Waals surface area (Å²) in [4.78, 5) is 21.2. The molecule has 1 aromatic heterocycles. The van der Waals surface area contributed by atoms with Gasteiger partial charge in [-0.25, -0.2) is 0 Å². The fourth-order valence-corrected chi connectivity index (χ4v) is 0.711. The van der Waals surface area contributed by atoms with E-state index in [-0.39, 0.29) is 12.3 Å². The Morgan fingerprint density at radius 3 is 2.83 bits per heavy atom. The van der Waals surface area contributed by atoms with E-state index in [0.29, 0.717) is 0 Å². The van der Waals surface area contributed by atoms with Crippen LogP contribution in [0.4, 0.5) is 0 Å². The van der Waals surface area contributed by atoms with Gasteiger partial charge >= 0.3 is 0 Å². The number of rotatable bonds is 3. The molecule has 0 saturated heterocycles. The Kier molecular flexibility index (Phi) is 2.88. The van der Waals surface area contributed by atoms with Gasteiger partial charge in [-0.3, -0.25) is 9.59 Å².